The molecule has 1 heterocycles. The fraction of sp³-hybridized carbons (Fsp3) is 0.318. The maximum absolute atomic E-state index is 13.4. The number of ketones is 1. The highest BCUT2D eigenvalue weighted by atomic mass is 19.1. The average Bonchev–Trinajstić information content (AvgIpc) is 3.17. The summed E-state index contributed by atoms with van der Waals surface area (Å²) < 4.78 is 24.1. The van der Waals surface area contributed by atoms with Gasteiger partial charge in [-0.1, -0.05) is 18.2 Å². The van der Waals surface area contributed by atoms with Gasteiger partial charge in [-0.25, -0.2) is 9.18 Å². The summed E-state index contributed by atoms with van der Waals surface area (Å²) in [5.74, 6) is -5.38. The number of aliphatic carboxylic acids is 2. The van der Waals surface area contributed by atoms with E-state index < -0.39 is 46.9 Å². The molecule has 164 valence electrons. The van der Waals surface area contributed by atoms with Crippen LogP contribution >= 0.6 is 0 Å². The Hall–Kier alpha value is -3.46. The van der Waals surface area contributed by atoms with Gasteiger partial charge in [-0.05, 0) is 25.1 Å². The van der Waals surface area contributed by atoms with Crippen LogP contribution in [0.25, 0.3) is 0 Å². The maximum Gasteiger partial charge on any atom is 0.336 e. The van der Waals surface area contributed by atoms with Crippen molar-refractivity contribution in [1.82, 2.24) is 0 Å². The van der Waals surface area contributed by atoms with Gasteiger partial charge in [0.25, 0.3) is 0 Å². The average molecular weight is 432 g/mol. The van der Waals surface area contributed by atoms with E-state index in [0.29, 0.717) is 17.1 Å². The topological polar surface area (TPSA) is 134 Å². The normalized spacial score (nSPS) is 25.2. The van der Waals surface area contributed by atoms with E-state index in [0.717, 1.165) is 6.08 Å². The molecule has 0 saturated heterocycles. The standard InChI is InChI=1S/C22H21FO8/c1-21(19(25)26)8-7-15(22(29,11-21)20(27)28)18(24)16-6-5-14(31-16)9-12-3-4-13(23)10-17(12)30-2/h3-8,10,15,29H,9,11H2,1-2H3,(H,25,26)(H,27,28). The first-order chi connectivity index (χ1) is 14.5. The lowest BCUT2D eigenvalue weighted by Crippen LogP contribution is -2.54. The van der Waals surface area contributed by atoms with Crippen LogP contribution in [0.3, 0.4) is 0 Å². The number of methoxy groups -OCH3 is 1. The number of furan rings is 1. The summed E-state index contributed by atoms with van der Waals surface area (Å²) in [4.78, 5) is 36.2. The maximum atomic E-state index is 13.4. The Morgan fingerprint density at radius 3 is 2.52 bits per heavy atom. The van der Waals surface area contributed by atoms with Gasteiger partial charge in [-0.3, -0.25) is 9.59 Å². The molecule has 0 bridgehead atoms. The zero-order chi connectivity index (χ0) is 23.0. The monoisotopic (exact) mass is 432 g/mol. The number of Topliss-reactive ketones (excluding diaryl/α,β-unsaturated/α-hetero) is 1. The molecule has 2 aromatic rings. The molecule has 1 aromatic heterocycles. The first-order valence-corrected chi connectivity index (χ1v) is 9.34. The predicted molar refractivity (Wildman–Crippen MR) is 104 cm³/mol. The van der Waals surface area contributed by atoms with E-state index in [-0.39, 0.29) is 12.2 Å². The summed E-state index contributed by atoms with van der Waals surface area (Å²) in [6.45, 7) is 1.27. The molecular formula is C22H21FO8. The van der Waals surface area contributed by atoms with E-state index in [4.69, 9.17) is 9.15 Å². The number of benzene rings is 1. The van der Waals surface area contributed by atoms with Crippen LogP contribution in [0, 0.1) is 17.2 Å². The van der Waals surface area contributed by atoms with E-state index in [1.807, 2.05) is 0 Å². The number of carboxylic acids is 2. The van der Waals surface area contributed by atoms with Crippen LogP contribution in [0.15, 0.2) is 46.9 Å². The van der Waals surface area contributed by atoms with E-state index >= 15 is 0 Å². The molecule has 0 fully saturated rings. The number of aliphatic hydroxyl groups is 1. The number of carboxylic acid groups (broad SMARTS) is 2. The van der Waals surface area contributed by atoms with Gasteiger partial charge in [0.15, 0.2) is 11.4 Å². The van der Waals surface area contributed by atoms with Gasteiger partial charge < -0.3 is 24.5 Å². The van der Waals surface area contributed by atoms with Crippen LogP contribution in [0.2, 0.25) is 0 Å². The first-order valence-electron chi connectivity index (χ1n) is 9.34. The molecule has 9 heteroatoms. The molecule has 3 unspecified atom stereocenters. The minimum absolute atomic E-state index is 0.178. The molecule has 31 heavy (non-hydrogen) atoms. The molecule has 3 atom stereocenters. The lowest BCUT2D eigenvalue weighted by atomic mass is 9.66. The largest absolute Gasteiger partial charge is 0.496 e. The molecule has 0 aliphatic heterocycles. The first kappa shape index (κ1) is 22.2. The summed E-state index contributed by atoms with van der Waals surface area (Å²) in [5.41, 5.74) is -3.65. The van der Waals surface area contributed by atoms with Crippen LogP contribution in [0.5, 0.6) is 5.75 Å². The quantitative estimate of drug-likeness (QED) is 0.449. The second-order valence-corrected chi connectivity index (χ2v) is 7.73. The third kappa shape index (κ3) is 4.09. The summed E-state index contributed by atoms with van der Waals surface area (Å²) in [5, 5.41) is 29.7. The molecule has 0 spiro atoms. The Bertz CT molecular complexity index is 1070. The molecule has 1 aliphatic rings. The molecule has 1 aromatic carbocycles. The SMILES string of the molecule is COc1cc(F)ccc1Cc1ccc(C(=O)C2C=CC(C)(C(=O)O)CC2(O)C(=O)O)o1. The highest BCUT2D eigenvalue weighted by Gasteiger charge is 2.55. The highest BCUT2D eigenvalue weighted by Crippen LogP contribution is 2.42. The van der Waals surface area contributed by atoms with Crippen molar-refractivity contribution in [1.29, 1.82) is 0 Å². The van der Waals surface area contributed by atoms with Gasteiger partial charge >= 0.3 is 11.9 Å². The number of ether oxygens (including phenoxy) is 1. The lowest BCUT2D eigenvalue weighted by molar-refractivity contribution is -0.169. The van der Waals surface area contributed by atoms with Crippen molar-refractivity contribution >= 4 is 17.7 Å². The molecule has 1 aliphatic carbocycles. The predicted octanol–water partition coefficient (Wildman–Crippen LogP) is 2.68. The zero-order valence-electron chi connectivity index (χ0n) is 16.8. The van der Waals surface area contributed by atoms with Crippen molar-refractivity contribution in [2.45, 2.75) is 25.4 Å². The van der Waals surface area contributed by atoms with Gasteiger partial charge in [0.05, 0.1) is 18.4 Å². The van der Waals surface area contributed by atoms with Crippen LogP contribution in [0.1, 0.15) is 35.2 Å². The minimum Gasteiger partial charge on any atom is -0.496 e. The zero-order valence-corrected chi connectivity index (χ0v) is 16.8. The Labute approximate surface area is 176 Å². The van der Waals surface area contributed by atoms with Crippen molar-refractivity contribution in [3.63, 3.8) is 0 Å². The molecule has 0 radical (unpaired) electrons. The second kappa shape index (κ2) is 7.99. The van der Waals surface area contributed by atoms with Gasteiger partial charge in [0.2, 0.25) is 5.78 Å². The van der Waals surface area contributed by atoms with Crippen molar-refractivity contribution in [3.8, 4) is 5.75 Å². The number of hydrogen-bond donors (Lipinski definition) is 3. The molecule has 0 amide bonds. The minimum atomic E-state index is -2.62. The smallest absolute Gasteiger partial charge is 0.336 e. The Kier molecular flexibility index (Phi) is 5.73. The van der Waals surface area contributed by atoms with Crippen molar-refractivity contribution < 1.29 is 43.2 Å². The number of hydrogen-bond acceptors (Lipinski definition) is 6. The lowest BCUT2D eigenvalue weighted by Gasteiger charge is -2.38. The Morgan fingerprint density at radius 1 is 1.19 bits per heavy atom. The van der Waals surface area contributed by atoms with Crippen molar-refractivity contribution in [3.05, 3.63) is 65.4 Å². The van der Waals surface area contributed by atoms with Crippen molar-refractivity contribution in [2.75, 3.05) is 7.11 Å². The number of halogens is 1. The van der Waals surface area contributed by atoms with Crippen molar-refractivity contribution in [2.24, 2.45) is 11.3 Å². The fourth-order valence-corrected chi connectivity index (χ4v) is 3.67. The van der Waals surface area contributed by atoms with E-state index in [1.165, 1.54) is 50.4 Å². The third-order valence-electron chi connectivity index (χ3n) is 5.47. The molecular weight excluding hydrogens is 411 g/mol. The van der Waals surface area contributed by atoms with Gasteiger partial charge in [0.1, 0.15) is 17.3 Å². The molecule has 3 N–H and O–H groups in total. The Balaban J connectivity index is 1.89. The van der Waals surface area contributed by atoms with Gasteiger partial charge in [0, 0.05) is 24.5 Å². The number of rotatable bonds is 7. The fourth-order valence-electron chi connectivity index (χ4n) is 3.67. The second-order valence-electron chi connectivity index (χ2n) is 7.73. The molecule has 3 rings (SSSR count). The van der Waals surface area contributed by atoms with Crippen LogP contribution < -0.4 is 4.74 Å². The summed E-state index contributed by atoms with van der Waals surface area (Å²) in [6.07, 6.45) is 1.80. The van der Waals surface area contributed by atoms with Crippen LogP contribution in [-0.2, 0) is 16.0 Å². The summed E-state index contributed by atoms with van der Waals surface area (Å²) in [6, 6.07) is 6.83. The third-order valence-corrected chi connectivity index (χ3v) is 5.47. The highest BCUT2D eigenvalue weighted by molar-refractivity contribution is 6.01. The summed E-state index contributed by atoms with van der Waals surface area (Å²) >= 11 is 0. The molecule has 0 saturated carbocycles. The van der Waals surface area contributed by atoms with Gasteiger partial charge in [-0.15, -0.1) is 0 Å². The van der Waals surface area contributed by atoms with E-state index in [9.17, 15) is 34.1 Å². The number of carbonyl (C=O) groups is 3. The van der Waals surface area contributed by atoms with Gasteiger partial charge in [-0.2, -0.15) is 0 Å². The van der Waals surface area contributed by atoms with E-state index in [1.54, 1.807) is 0 Å². The Morgan fingerprint density at radius 2 is 1.90 bits per heavy atom. The molecule has 8 nitrogen and oxygen atoms in total. The van der Waals surface area contributed by atoms with E-state index in [2.05, 4.69) is 0 Å². The number of carbonyl (C=O) groups excluding carboxylic acids is 1. The van der Waals surface area contributed by atoms with Crippen LogP contribution in [0.4, 0.5) is 4.39 Å². The summed E-state index contributed by atoms with van der Waals surface area (Å²) in [7, 11) is 1.39. The van der Waals surface area contributed by atoms with Crippen LogP contribution in [-0.4, -0.2) is 45.8 Å².